The number of carbonyl (C=O) groups is 2. The van der Waals surface area contributed by atoms with E-state index in [1.165, 1.54) is 0 Å². The van der Waals surface area contributed by atoms with E-state index in [9.17, 15) is 14.7 Å². The Kier molecular flexibility index (Phi) is 17.7. The van der Waals surface area contributed by atoms with Crippen LogP contribution in [0.2, 0.25) is 0 Å². The van der Waals surface area contributed by atoms with E-state index in [4.69, 9.17) is 20.1 Å². The minimum atomic E-state index is -1.42. The molecule has 4 N–H and O–H groups in total. The summed E-state index contributed by atoms with van der Waals surface area (Å²) in [6.45, 7) is 2.09. The third-order valence-electron chi connectivity index (χ3n) is 4.70. The SMILES string of the molecule is CCCCCC(OC(=O)CCCC(O)O)C(O)CC=CCCCCCCC(=O)O. The van der Waals surface area contributed by atoms with Gasteiger partial charge in [-0.05, 0) is 51.4 Å². The lowest BCUT2D eigenvalue weighted by Gasteiger charge is -2.22. The topological polar surface area (TPSA) is 124 Å². The molecule has 0 rings (SSSR count). The number of carboxylic acids is 1. The Hall–Kier alpha value is -1.44. The summed E-state index contributed by atoms with van der Waals surface area (Å²) in [7, 11) is 0. The van der Waals surface area contributed by atoms with Gasteiger partial charge in [-0.1, -0.05) is 44.8 Å². The molecular formula is C22H40O7. The van der Waals surface area contributed by atoms with Crippen molar-refractivity contribution in [1.29, 1.82) is 0 Å². The number of rotatable bonds is 19. The number of unbranched alkanes of at least 4 members (excludes halogenated alkanes) is 6. The summed E-state index contributed by atoms with van der Waals surface area (Å²) in [5.41, 5.74) is 0. The number of esters is 1. The normalized spacial score (nSPS) is 13.7. The average molecular weight is 417 g/mol. The molecule has 0 aromatic heterocycles. The van der Waals surface area contributed by atoms with E-state index in [1.807, 2.05) is 12.2 Å². The molecule has 0 aliphatic heterocycles. The van der Waals surface area contributed by atoms with Crippen molar-refractivity contribution in [2.45, 2.75) is 115 Å². The molecule has 0 fully saturated rings. The quantitative estimate of drug-likeness (QED) is 0.110. The molecule has 0 saturated carbocycles. The summed E-state index contributed by atoms with van der Waals surface area (Å²) in [6.07, 6.45) is 10.4. The van der Waals surface area contributed by atoms with Gasteiger partial charge in [0.2, 0.25) is 0 Å². The van der Waals surface area contributed by atoms with Crippen molar-refractivity contribution in [2.24, 2.45) is 0 Å². The minimum absolute atomic E-state index is 0.104. The van der Waals surface area contributed by atoms with Crippen molar-refractivity contribution in [1.82, 2.24) is 0 Å². The Balaban J connectivity index is 4.19. The molecule has 2 unspecified atom stereocenters. The summed E-state index contributed by atoms with van der Waals surface area (Å²) < 4.78 is 5.45. The minimum Gasteiger partial charge on any atom is -0.481 e. The van der Waals surface area contributed by atoms with Gasteiger partial charge in [0.05, 0.1) is 6.10 Å². The molecule has 0 spiro atoms. The van der Waals surface area contributed by atoms with Crippen molar-refractivity contribution in [3.8, 4) is 0 Å². The first-order valence-electron chi connectivity index (χ1n) is 11.0. The molecule has 7 heteroatoms. The van der Waals surface area contributed by atoms with E-state index >= 15 is 0 Å². The predicted molar refractivity (Wildman–Crippen MR) is 111 cm³/mol. The van der Waals surface area contributed by atoms with Crippen LogP contribution in [-0.4, -0.2) is 50.9 Å². The van der Waals surface area contributed by atoms with Crippen molar-refractivity contribution in [2.75, 3.05) is 0 Å². The maximum absolute atomic E-state index is 12.0. The van der Waals surface area contributed by atoms with Crippen molar-refractivity contribution in [3.05, 3.63) is 12.2 Å². The highest BCUT2D eigenvalue weighted by Gasteiger charge is 2.22. The number of carbonyl (C=O) groups excluding carboxylic acids is 1. The highest BCUT2D eigenvalue weighted by Crippen LogP contribution is 2.16. The first-order chi connectivity index (χ1) is 13.9. The average Bonchev–Trinajstić information content (AvgIpc) is 2.65. The van der Waals surface area contributed by atoms with Crippen LogP contribution < -0.4 is 0 Å². The Bertz CT molecular complexity index is 448. The Morgan fingerprint density at radius 3 is 2.24 bits per heavy atom. The molecule has 0 aromatic rings. The van der Waals surface area contributed by atoms with E-state index in [2.05, 4.69) is 6.92 Å². The molecule has 7 nitrogen and oxygen atoms in total. The molecular weight excluding hydrogens is 376 g/mol. The summed E-state index contributed by atoms with van der Waals surface area (Å²) in [5, 5.41) is 36.7. The summed E-state index contributed by atoms with van der Waals surface area (Å²) in [4.78, 5) is 22.4. The second kappa shape index (κ2) is 18.6. The fourth-order valence-electron chi connectivity index (χ4n) is 2.98. The van der Waals surface area contributed by atoms with Gasteiger partial charge in [-0.15, -0.1) is 0 Å². The fourth-order valence-corrected chi connectivity index (χ4v) is 2.98. The van der Waals surface area contributed by atoms with Crippen LogP contribution in [0.4, 0.5) is 0 Å². The van der Waals surface area contributed by atoms with Crippen molar-refractivity contribution in [3.63, 3.8) is 0 Å². The van der Waals surface area contributed by atoms with Gasteiger partial charge in [-0.2, -0.15) is 0 Å². The number of aliphatic carboxylic acids is 1. The lowest BCUT2D eigenvalue weighted by atomic mass is 10.0. The predicted octanol–water partition coefficient (Wildman–Crippen LogP) is 3.69. The molecule has 0 aliphatic carbocycles. The van der Waals surface area contributed by atoms with E-state index < -0.39 is 30.4 Å². The van der Waals surface area contributed by atoms with E-state index in [0.29, 0.717) is 25.7 Å². The zero-order valence-electron chi connectivity index (χ0n) is 17.8. The molecule has 0 saturated heterocycles. The molecule has 0 amide bonds. The molecule has 29 heavy (non-hydrogen) atoms. The van der Waals surface area contributed by atoms with Gasteiger partial charge in [-0.3, -0.25) is 9.59 Å². The standard InChI is InChI=1S/C22H40O7/c1-2-3-9-14-19(29-22(28)17-12-16-21(26)27)18(23)13-10-7-5-4-6-8-11-15-20(24)25/h7,10,18-19,21,23,26-27H,2-6,8-9,11-17H2,1H3,(H,24,25). The van der Waals surface area contributed by atoms with Gasteiger partial charge in [-0.25, -0.2) is 0 Å². The van der Waals surface area contributed by atoms with E-state index in [1.54, 1.807) is 0 Å². The Morgan fingerprint density at radius 2 is 1.59 bits per heavy atom. The molecule has 0 radical (unpaired) electrons. The van der Waals surface area contributed by atoms with E-state index in [0.717, 1.165) is 44.9 Å². The van der Waals surface area contributed by atoms with Crippen LogP contribution in [0, 0.1) is 0 Å². The maximum Gasteiger partial charge on any atom is 0.306 e. The third-order valence-corrected chi connectivity index (χ3v) is 4.70. The van der Waals surface area contributed by atoms with Gasteiger partial charge < -0.3 is 25.2 Å². The summed E-state index contributed by atoms with van der Waals surface area (Å²) >= 11 is 0. The van der Waals surface area contributed by atoms with Crippen molar-refractivity contribution < 1.29 is 34.8 Å². The molecule has 0 bridgehead atoms. The van der Waals surface area contributed by atoms with Gasteiger partial charge in [0.15, 0.2) is 6.29 Å². The number of hydrogen-bond acceptors (Lipinski definition) is 6. The van der Waals surface area contributed by atoms with Gasteiger partial charge in [0.25, 0.3) is 0 Å². The highest BCUT2D eigenvalue weighted by molar-refractivity contribution is 5.69. The van der Waals surface area contributed by atoms with Gasteiger partial charge >= 0.3 is 11.9 Å². The number of aliphatic hydroxyl groups excluding tert-OH is 2. The van der Waals surface area contributed by atoms with Crippen LogP contribution in [0.15, 0.2) is 12.2 Å². The van der Waals surface area contributed by atoms with Gasteiger partial charge in [0.1, 0.15) is 6.10 Å². The number of allylic oxidation sites excluding steroid dienone is 1. The first kappa shape index (κ1) is 27.6. The smallest absolute Gasteiger partial charge is 0.306 e. The fraction of sp³-hybridized carbons (Fsp3) is 0.818. The van der Waals surface area contributed by atoms with Crippen LogP contribution in [0.3, 0.4) is 0 Å². The Morgan fingerprint density at radius 1 is 0.862 bits per heavy atom. The van der Waals surface area contributed by atoms with E-state index in [-0.39, 0.29) is 19.3 Å². The van der Waals surface area contributed by atoms with Crippen molar-refractivity contribution >= 4 is 11.9 Å². The lowest BCUT2D eigenvalue weighted by Crippen LogP contribution is -2.31. The molecule has 170 valence electrons. The monoisotopic (exact) mass is 416 g/mol. The van der Waals surface area contributed by atoms with Crippen LogP contribution in [0.5, 0.6) is 0 Å². The lowest BCUT2D eigenvalue weighted by molar-refractivity contribution is -0.156. The molecule has 0 heterocycles. The van der Waals surface area contributed by atoms with Crippen LogP contribution in [-0.2, 0) is 14.3 Å². The maximum atomic E-state index is 12.0. The Labute approximate surface area is 174 Å². The molecule has 0 aromatic carbocycles. The van der Waals surface area contributed by atoms with Crippen LogP contribution >= 0.6 is 0 Å². The number of carboxylic acid groups (broad SMARTS) is 1. The summed E-state index contributed by atoms with van der Waals surface area (Å²) in [6, 6.07) is 0. The molecule has 0 aliphatic rings. The second-order valence-electron chi connectivity index (χ2n) is 7.52. The largest absolute Gasteiger partial charge is 0.481 e. The van der Waals surface area contributed by atoms with Crippen LogP contribution in [0.1, 0.15) is 96.8 Å². The number of ether oxygens (including phenoxy) is 1. The third kappa shape index (κ3) is 18.3. The zero-order valence-corrected chi connectivity index (χ0v) is 17.8. The second-order valence-corrected chi connectivity index (χ2v) is 7.52. The molecule has 2 atom stereocenters. The highest BCUT2D eigenvalue weighted by atomic mass is 16.6. The summed E-state index contributed by atoms with van der Waals surface area (Å²) in [5.74, 6) is -1.17. The zero-order chi connectivity index (χ0) is 21.9. The number of aliphatic hydroxyl groups is 3. The number of hydrogen-bond donors (Lipinski definition) is 4. The van der Waals surface area contributed by atoms with Gasteiger partial charge in [0, 0.05) is 12.8 Å². The van der Waals surface area contributed by atoms with Crippen LogP contribution in [0.25, 0.3) is 0 Å². The first-order valence-corrected chi connectivity index (χ1v) is 11.0.